The van der Waals surface area contributed by atoms with Crippen LogP contribution in [-0.4, -0.2) is 33.4 Å². The highest BCUT2D eigenvalue weighted by Gasteiger charge is 2.17. The summed E-state index contributed by atoms with van der Waals surface area (Å²) in [6.07, 6.45) is 3.45. The lowest BCUT2D eigenvalue weighted by atomic mass is 10.1. The van der Waals surface area contributed by atoms with Gasteiger partial charge in [-0.05, 0) is 49.4 Å². The minimum absolute atomic E-state index is 0.0875. The van der Waals surface area contributed by atoms with Crippen LogP contribution >= 0.6 is 23.1 Å². The second-order valence-electron chi connectivity index (χ2n) is 10.4. The van der Waals surface area contributed by atoms with Crippen LogP contribution in [-0.2, 0) is 9.59 Å². The Labute approximate surface area is 274 Å². The second kappa shape index (κ2) is 14.1. The molecule has 0 unspecified atom stereocenters. The molecule has 8 nitrogen and oxygen atoms in total. The molecule has 228 valence electrons. The van der Waals surface area contributed by atoms with Crippen LogP contribution in [0.3, 0.4) is 0 Å². The summed E-state index contributed by atoms with van der Waals surface area (Å²) in [6, 6.07) is 31.7. The number of benzene rings is 4. The Morgan fingerprint density at radius 2 is 1.67 bits per heavy atom. The van der Waals surface area contributed by atoms with Crippen molar-refractivity contribution in [3.8, 4) is 11.3 Å². The van der Waals surface area contributed by atoms with Gasteiger partial charge in [0.05, 0.1) is 11.4 Å². The molecular weight excluding hydrogens is 615 g/mol. The molecule has 0 aliphatic heterocycles. The molecule has 0 saturated heterocycles. The molecule has 0 fully saturated rings. The van der Waals surface area contributed by atoms with Gasteiger partial charge in [-0.25, -0.2) is 4.98 Å². The molecular formula is C36H29N5O3S2. The van der Waals surface area contributed by atoms with Gasteiger partial charge >= 0.3 is 0 Å². The standard InChI is InChI=1S/C36H29N5O3S2/c1-23-14-16-24(17-15-23)32-21-46-36(40-32)41-33(42)22-45-28-11-7-10-27(19-28)38-35(44)31(39-34(43)25-8-3-2-4-9-25)18-26-20-37-30-13-6-5-12-29(26)30/h2-21,37H,22H2,1H3,(H,38,44)(H,39,43)(H,40,41,42)/b31-18-. The summed E-state index contributed by atoms with van der Waals surface area (Å²) in [5.74, 6) is -0.904. The van der Waals surface area contributed by atoms with Crippen molar-refractivity contribution in [3.05, 3.63) is 137 Å². The van der Waals surface area contributed by atoms with Gasteiger partial charge in [-0.3, -0.25) is 14.4 Å². The van der Waals surface area contributed by atoms with Crippen LogP contribution in [0, 0.1) is 6.92 Å². The zero-order chi connectivity index (χ0) is 31.9. The van der Waals surface area contributed by atoms with Gasteiger partial charge in [0, 0.05) is 49.8 Å². The van der Waals surface area contributed by atoms with Crippen molar-refractivity contribution < 1.29 is 14.4 Å². The Hall–Kier alpha value is -5.45. The summed E-state index contributed by atoms with van der Waals surface area (Å²) in [4.78, 5) is 47.8. The van der Waals surface area contributed by atoms with Crippen molar-refractivity contribution >= 4 is 68.6 Å². The average molecular weight is 644 g/mol. The minimum Gasteiger partial charge on any atom is -0.361 e. The SMILES string of the molecule is Cc1ccc(-c2csc(NC(=O)CSc3cccc(NC(=O)/C(=C/c4c[nH]c5ccccc45)NC(=O)c4ccccc4)c3)n2)cc1. The maximum absolute atomic E-state index is 13.6. The van der Waals surface area contributed by atoms with Crippen molar-refractivity contribution in [2.75, 3.05) is 16.4 Å². The fourth-order valence-corrected chi connectivity index (χ4v) is 6.16. The highest BCUT2D eigenvalue weighted by Crippen LogP contribution is 2.27. The Morgan fingerprint density at radius 3 is 2.50 bits per heavy atom. The number of hydrogen-bond acceptors (Lipinski definition) is 6. The quantitative estimate of drug-likeness (QED) is 0.0901. The number of hydrogen-bond donors (Lipinski definition) is 4. The Morgan fingerprint density at radius 1 is 0.891 bits per heavy atom. The molecule has 3 amide bonds. The van der Waals surface area contributed by atoms with Crippen molar-refractivity contribution in [2.45, 2.75) is 11.8 Å². The number of rotatable bonds is 10. The first-order chi connectivity index (χ1) is 22.4. The number of anilines is 2. The number of fused-ring (bicyclic) bond motifs is 1. The van der Waals surface area contributed by atoms with Crippen LogP contribution in [0.1, 0.15) is 21.5 Å². The third-order valence-electron chi connectivity index (χ3n) is 7.01. The van der Waals surface area contributed by atoms with Crippen LogP contribution in [0.5, 0.6) is 0 Å². The summed E-state index contributed by atoms with van der Waals surface area (Å²) in [5.41, 5.74) is 5.70. The highest BCUT2D eigenvalue weighted by atomic mass is 32.2. The number of carbonyl (C=O) groups excluding carboxylic acids is 3. The van der Waals surface area contributed by atoms with Gasteiger partial charge in [0.2, 0.25) is 5.91 Å². The van der Waals surface area contributed by atoms with Gasteiger partial charge in [-0.1, -0.05) is 72.3 Å². The van der Waals surface area contributed by atoms with Crippen molar-refractivity contribution in [1.29, 1.82) is 0 Å². The average Bonchev–Trinajstić information content (AvgIpc) is 3.71. The molecule has 10 heteroatoms. The Balaban J connectivity index is 1.12. The van der Waals surface area contributed by atoms with E-state index in [0.29, 0.717) is 16.4 Å². The minimum atomic E-state index is -0.484. The normalized spacial score (nSPS) is 11.3. The van der Waals surface area contributed by atoms with Crippen molar-refractivity contribution in [3.63, 3.8) is 0 Å². The van der Waals surface area contributed by atoms with Crippen molar-refractivity contribution in [1.82, 2.24) is 15.3 Å². The van der Waals surface area contributed by atoms with Gasteiger partial charge in [-0.2, -0.15) is 0 Å². The maximum Gasteiger partial charge on any atom is 0.272 e. The molecule has 4 N–H and O–H groups in total. The predicted molar refractivity (Wildman–Crippen MR) is 187 cm³/mol. The lowest BCUT2D eigenvalue weighted by Gasteiger charge is -2.12. The molecule has 0 spiro atoms. The van der Waals surface area contributed by atoms with Gasteiger partial charge in [-0.15, -0.1) is 23.1 Å². The highest BCUT2D eigenvalue weighted by molar-refractivity contribution is 8.00. The molecule has 0 aliphatic carbocycles. The van der Waals surface area contributed by atoms with Crippen LogP contribution in [0.15, 0.2) is 125 Å². The number of thiazole rings is 1. The van der Waals surface area contributed by atoms with Crippen LogP contribution in [0.25, 0.3) is 28.2 Å². The van der Waals surface area contributed by atoms with Crippen LogP contribution in [0.4, 0.5) is 10.8 Å². The molecule has 0 atom stereocenters. The van der Waals surface area contributed by atoms with E-state index in [1.165, 1.54) is 28.7 Å². The maximum atomic E-state index is 13.6. The van der Waals surface area contributed by atoms with E-state index in [0.717, 1.165) is 32.6 Å². The number of nitrogens with one attached hydrogen (secondary N) is 4. The molecule has 0 aliphatic rings. The fourth-order valence-electron chi connectivity index (χ4n) is 4.67. The van der Waals surface area contributed by atoms with Crippen molar-refractivity contribution in [2.24, 2.45) is 0 Å². The Kier molecular flexibility index (Phi) is 9.37. The molecule has 2 aromatic heterocycles. The predicted octanol–water partition coefficient (Wildman–Crippen LogP) is 7.74. The fraction of sp³-hybridized carbons (Fsp3) is 0.0556. The molecule has 0 saturated carbocycles. The third kappa shape index (κ3) is 7.60. The van der Waals surface area contributed by atoms with Crippen LogP contribution in [0.2, 0.25) is 0 Å². The van der Waals surface area contributed by atoms with E-state index in [2.05, 4.69) is 25.9 Å². The molecule has 46 heavy (non-hydrogen) atoms. The van der Waals surface area contributed by atoms with E-state index < -0.39 is 11.8 Å². The number of H-pyrrole nitrogens is 1. The molecule has 0 radical (unpaired) electrons. The van der Waals surface area contributed by atoms with E-state index in [9.17, 15) is 14.4 Å². The monoisotopic (exact) mass is 643 g/mol. The van der Waals surface area contributed by atoms with Gasteiger partial charge in [0.1, 0.15) is 5.70 Å². The molecule has 6 aromatic rings. The second-order valence-corrected chi connectivity index (χ2v) is 12.3. The first kappa shape index (κ1) is 30.6. The summed E-state index contributed by atoms with van der Waals surface area (Å²) in [7, 11) is 0. The number of aromatic amines is 1. The first-order valence-corrected chi connectivity index (χ1v) is 16.3. The van der Waals surface area contributed by atoms with E-state index in [1.807, 2.05) is 73.0 Å². The topological polar surface area (TPSA) is 116 Å². The smallest absolute Gasteiger partial charge is 0.272 e. The zero-order valence-electron chi connectivity index (χ0n) is 24.7. The van der Waals surface area contributed by atoms with E-state index in [4.69, 9.17) is 0 Å². The summed E-state index contributed by atoms with van der Waals surface area (Å²) in [5, 5.41) is 11.9. The summed E-state index contributed by atoms with van der Waals surface area (Å²) < 4.78 is 0. The van der Waals surface area contributed by atoms with Crippen LogP contribution < -0.4 is 16.0 Å². The van der Waals surface area contributed by atoms with E-state index in [1.54, 1.807) is 54.7 Å². The number of para-hydroxylation sites is 1. The summed E-state index contributed by atoms with van der Waals surface area (Å²) in [6.45, 7) is 2.03. The first-order valence-electron chi connectivity index (χ1n) is 14.4. The number of nitrogens with zero attached hydrogens (tertiary/aromatic N) is 1. The van der Waals surface area contributed by atoms with Gasteiger partial charge in [0.15, 0.2) is 5.13 Å². The molecule has 0 bridgehead atoms. The molecule has 6 rings (SSSR count). The number of amides is 3. The largest absolute Gasteiger partial charge is 0.361 e. The lowest BCUT2D eigenvalue weighted by Crippen LogP contribution is -2.30. The van der Waals surface area contributed by atoms with E-state index in [-0.39, 0.29) is 17.4 Å². The summed E-state index contributed by atoms with van der Waals surface area (Å²) >= 11 is 2.72. The third-order valence-corrected chi connectivity index (χ3v) is 8.76. The number of thioether (sulfide) groups is 1. The van der Waals surface area contributed by atoms with Gasteiger partial charge < -0.3 is 20.9 Å². The molecule has 4 aromatic carbocycles. The lowest BCUT2D eigenvalue weighted by molar-refractivity contribution is -0.114. The van der Waals surface area contributed by atoms with E-state index >= 15 is 0 Å². The number of carbonyl (C=O) groups is 3. The van der Waals surface area contributed by atoms with Gasteiger partial charge in [0.25, 0.3) is 11.8 Å². The number of aryl methyl sites for hydroxylation is 1. The zero-order valence-corrected chi connectivity index (χ0v) is 26.4. The molecule has 2 heterocycles. The number of aromatic nitrogens is 2. The Bertz CT molecular complexity index is 2050.